The highest BCUT2D eigenvalue weighted by atomic mass is 32.1. The lowest BCUT2D eigenvalue weighted by atomic mass is 10.0. The van der Waals surface area contributed by atoms with Crippen molar-refractivity contribution in [2.75, 3.05) is 25.0 Å². The number of anilines is 1. The monoisotopic (exact) mass is 425 g/mol. The molecule has 3 amide bonds. The van der Waals surface area contributed by atoms with Gasteiger partial charge in [0.05, 0.1) is 6.54 Å². The van der Waals surface area contributed by atoms with E-state index in [2.05, 4.69) is 16.8 Å². The van der Waals surface area contributed by atoms with Crippen molar-refractivity contribution in [3.63, 3.8) is 0 Å². The molecular formula is C23H27N3O3S. The van der Waals surface area contributed by atoms with Crippen LogP contribution in [-0.4, -0.2) is 47.2 Å². The van der Waals surface area contributed by atoms with Gasteiger partial charge in [0.25, 0.3) is 5.91 Å². The molecule has 0 spiro atoms. The van der Waals surface area contributed by atoms with Crippen molar-refractivity contribution >= 4 is 34.7 Å². The second kappa shape index (κ2) is 9.00. The zero-order valence-corrected chi connectivity index (χ0v) is 18.1. The van der Waals surface area contributed by atoms with Gasteiger partial charge in [0.15, 0.2) is 0 Å². The van der Waals surface area contributed by atoms with Crippen LogP contribution < -0.4 is 5.32 Å². The highest BCUT2D eigenvalue weighted by molar-refractivity contribution is 7.10. The zero-order valence-electron chi connectivity index (χ0n) is 17.3. The third-order valence-electron chi connectivity index (χ3n) is 5.94. The Morgan fingerprint density at radius 2 is 1.97 bits per heavy atom. The Bertz CT molecular complexity index is 968. The third kappa shape index (κ3) is 4.41. The average Bonchev–Trinajstić information content (AvgIpc) is 3.12. The summed E-state index contributed by atoms with van der Waals surface area (Å²) in [6.07, 6.45) is 4.25. The molecule has 158 valence electrons. The van der Waals surface area contributed by atoms with Crippen molar-refractivity contribution in [1.29, 1.82) is 0 Å². The van der Waals surface area contributed by atoms with E-state index in [1.165, 1.54) is 10.4 Å². The Morgan fingerprint density at radius 1 is 1.10 bits per heavy atom. The van der Waals surface area contributed by atoms with Gasteiger partial charge in [-0.15, -0.1) is 11.3 Å². The first-order valence-corrected chi connectivity index (χ1v) is 11.4. The summed E-state index contributed by atoms with van der Waals surface area (Å²) in [7, 11) is 0. The number of likely N-dealkylation sites (tertiary alicyclic amines) is 1. The van der Waals surface area contributed by atoms with Crippen LogP contribution in [0.5, 0.6) is 0 Å². The predicted molar refractivity (Wildman–Crippen MR) is 118 cm³/mol. The van der Waals surface area contributed by atoms with Crippen LogP contribution in [0.2, 0.25) is 0 Å². The fourth-order valence-corrected chi connectivity index (χ4v) is 5.05. The van der Waals surface area contributed by atoms with Crippen molar-refractivity contribution in [1.82, 2.24) is 9.80 Å². The van der Waals surface area contributed by atoms with Crippen LogP contribution in [0.4, 0.5) is 5.69 Å². The molecule has 0 atom stereocenters. The molecule has 2 aliphatic rings. The first-order chi connectivity index (χ1) is 14.5. The number of nitrogens with zero attached hydrogens (tertiary/aromatic N) is 2. The highest BCUT2D eigenvalue weighted by Crippen LogP contribution is 2.27. The molecule has 1 fully saturated rings. The van der Waals surface area contributed by atoms with E-state index in [1.54, 1.807) is 28.4 Å². The fraction of sp³-hybridized carbons (Fsp3) is 0.435. The number of hydrogen-bond donors (Lipinski definition) is 1. The molecule has 6 nitrogen and oxygen atoms in total. The van der Waals surface area contributed by atoms with E-state index in [0.29, 0.717) is 37.3 Å². The summed E-state index contributed by atoms with van der Waals surface area (Å²) in [6.45, 7) is 3.89. The maximum atomic E-state index is 13.2. The van der Waals surface area contributed by atoms with Crippen LogP contribution in [0.3, 0.4) is 0 Å². The quantitative estimate of drug-likeness (QED) is 0.814. The van der Waals surface area contributed by atoms with Crippen molar-refractivity contribution in [2.24, 2.45) is 0 Å². The summed E-state index contributed by atoms with van der Waals surface area (Å²) >= 11 is 1.75. The fourth-order valence-electron chi connectivity index (χ4n) is 4.16. The number of hydrogen-bond acceptors (Lipinski definition) is 4. The van der Waals surface area contributed by atoms with Gasteiger partial charge in [-0.25, -0.2) is 0 Å². The maximum Gasteiger partial charge on any atom is 0.254 e. The van der Waals surface area contributed by atoms with Gasteiger partial charge in [0.2, 0.25) is 11.8 Å². The van der Waals surface area contributed by atoms with E-state index in [4.69, 9.17) is 0 Å². The molecule has 1 N–H and O–H groups in total. The van der Waals surface area contributed by atoms with E-state index < -0.39 is 0 Å². The van der Waals surface area contributed by atoms with Gasteiger partial charge in [-0.2, -0.15) is 0 Å². The van der Waals surface area contributed by atoms with Crippen LogP contribution in [-0.2, 0) is 22.6 Å². The van der Waals surface area contributed by atoms with E-state index >= 15 is 0 Å². The number of carbonyl (C=O) groups is 3. The molecule has 0 bridgehead atoms. The molecule has 0 unspecified atom stereocenters. The molecule has 0 saturated carbocycles. The second-order valence-electron chi connectivity index (χ2n) is 8.00. The summed E-state index contributed by atoms with van der Waals surface area (Å²) in [5.41, 5.74) is 3.22. The van der Waals surface area contributed by atoms with Crippen LogP contribution in [0.25, 0.3) is 0 Å². The molecule has 30 heavy (non-hydrogen) atoms. The first kappa shape index (κ1) is 20.6. The van der Waals surface area contributed by atoms with Crippen molar-refractivity contribution in [3.8, 4) is 0 Å². The minimum absolute atomic E-state index is 0.0110. The number of carbonyl (C=O) groups excluding carboxylic acids is 3. The smallest absolute Gasteiger partial charge is 0.254 e. The molecule has 4 rings (SSSR count). The number of nitrogens with one attached hydrogen (secondary N) is 1. The molecule has 3 heterocycles. The van der Waals surface area contributed by atoms with E-state index in [-0.39, 0.29) is 24.3 Å². The summed E-state index contributed by atoms with van der Waals surface area (Å²) < 4.78 is 0. The van der Waals surface area contributed by atoms with E-state index in [1.807, 2.05) is 17.9 Å². The van der Waals surface area contributed by atoms with Crippen LogP contribution >= 0.6 is 11.3 Å². The lowest BCUT2D eigenvalue weighted by molar-refractivity contribution is -0.134. The summed E-state index contributed by atoms with van der Waals surface area (Å²) in [6, 6.07) is 7.51. The normalized spacial score (nSPS) is 16.8. The molecule has 1 saturated heterocycles. The standard InChI is InChI=1S/C23H27N3O3S/c1-16-18(23(29)26-12-9-20-17(14-26)10-13-30-20)6-5-7-19(16)24-21(27)15-25-11-4-2-3-8-22(25)28/h5-7,10,13H,2-4,8-9,11-12,14-15H2,1H3,(H,24,27). The molecule has 1 aromatic heterocycles. The summed E-state index contributed by atoms with van der Waals surface area (Å²) in [5.74, 6) is -0.192. The number of fused-ring (bicyclic) bond motifs is 1. The number of benzene rings is 1. The van der Waals surface area contributed by atoms with Gasteiger partial charge in [-0.1, -0.05) is 12.5 Å². The maximum absolute atomic E-state index is 13.2. The molecule has 2 aromatic rings. The molecule has 0 radical (unpaired) electrons. The van der Waals surface area contributed by atoms with E-state index in [9.17, 15) is 14.4 Å². The average molecular weight is 426 g/mol. The van der Waals surface area contributed by atoms with Gasteiger partial charge < -0.3 is 15.1 Å². The minimum Gasteiger partial charge on any atom is -0.334 e. The molecule has 1 aromatic carbocycles. The SMILES string of the molecule is Cc1c(NC(=O)CN2CCCCCC2=O)cccc1C(=O)N1CCc2sccc2C1. The summed E-state index contributed by atoms with van der Waals surface area (Å²) in [5, 5.41) is 4.98. The van der Waals surface area contributed by atoms with Crippen LogP contribution in [0.1, 0.15) is 52.0 Å². The summed E-state index contributed by atoms with van der Waals surface area (Å²) in [4.78, 5) is 42.8. The first-order valence-electron chi connectivity index (χ1n) is 10.5. The Balaban J connectivity index is 1.44. The van der Waals surface area contributed by atoms with Crippen molar-refractivity contribution in [3.05, 3.63) is 51.2 Å². The van der Waals surface area contributed by atoms with E-state index in [0.717, 1.165) is 31.2 Å². The number of rotatable bonds is 4. The van der Waals surface area contributed by atoms with Crippen molar-refractivity contribution in [2.45, 2.75) is 45.6 Å². The molecule has 0 aliphatic carbocycles. The van der Waals surface area contributed by atoms with Crippen LogP contribution in [0.15, 0.2) is 29.6 Å². The Hall–Kier alpha value is -2.67. The molecule has 7 heteroatoms. The largest absolute Gasteiger partial charge is 0.334 e. The zero-order chi connectivity index (χ0) is 21.1. The minimum atomic E-state index is -0.223. The van der Waals surface area contributed by atoms with Crippen LogP contribution in [0, 0.1) is 6.92 Å². The number of thiophene rings is 1. The Labute approximate surface area is 180 Å². The van der Waals surface area contributed by atoms with Crippen molar-refractivity contribution < 1.29 is 14.4 Å². The van der Waals surface area contributed by atoms with Gasteiger partial charge in [-0.05, 0) is 60.9 Å². The Morgan fingerprint density at radius 3 is 2.83 bits per heavy atom. The lowest BCUT2D eigenvalue weighted by Gasteiger charge is -2.28. The topological polar surface area (TPSA) is 69.7 Å². The number of amides is 3. The molecular weight excluding hydrogens is 398 g/mol. The predicted octanol–water partition coefficient (Wildman–Crippen LogP) is 3.60. The molecule has 2 aliphatic heterocycles. The Kier molecular flexibility index (Phi) is 6.18. The van der Waals surface area contributed by atoms with Gasteiger partial charge >= 0.3 is 0 Å². The van der Waals surface area contributed by atoms with Gasteiger partial charge in [0.1, 0.15) is 0 Å². The lowest BCUT2D eigenvalue weighted by Crippen LogP contribution is -2.38. The van der Waals surface area contributed by atoms with Gasteiger partial charge in [-0.3, -0.25) is 14.4 Å². The van der Waals surface area contributed by atoms with Gasteiger partial charge in [0, 0.05) is 42.2 Å². The third-order valence-corrected chi connectivity index (χ3v) is 6.96. The second-order valence-corrected chi connectivity index (χ2v) is 9.00. The highest BCUT2D eigenvalue weighted by Gasteiger charge is 2.25.